The van der Waals surface area contributed by atoms with Crippen molar-refractivity contribution in [2.75, 3.05) is 11.5 Å². The third kappa shape index (κ3) is 4.61. The van der Waals surface area contributed by atoms with Crippen LogP contribution < -0.4 is 5.32 Å². The Morgan fingerprint density at radius 2 is 1.79 bits per heavy atom. The Hall–Kier alpha value is -1.77. The van der Waals surface area contributed by atoms with Gasteiger partial charge >= 0.3 is 0 Å². The topological polar surface area (TPSA) is 93.2 Å². The quantitative estimate of drug-likeness (QED) is 0.793. The van der Waals surface area contributed by atoms with E-state index in [9.17, 15) is 16.8 Å². The van der Waals surface area contributed by atoms with Gasteiger partial charge in [-0.25, -0.2) is 16.8 Å². The lowest BCUT2D eigenvalue weighted by atomic mass is 9.87. The first-order valence-electron chi connectivity index (χ1n) is 9.16. The number of sulfone groups is 2. The van der Waals surface area contributed by atoms with Crippen molar-refractivity contribution in [1.29, 1.82) is 0 Å². The van der Waals surface area contributed by atoms with Gasteiger partial charge < -0.3 is 5.32 Å². The van der Waals surface area contributed by atoms with Gasteiger partial charge in [-0.05, 0) is 34.7 Å². The maximum absolute atomic E-state index is 13.2. The highest BCUT2D eigenvalue weighted by Crippen LogP contribution is 2.28. The number of hydrogen-bond acceptors (Lipinski definition) is 6. The minimum Gasteiger partial charge on any atom is -0.308 e. The first kappa shape index (κ1) is 21.0. The van der Waals surface area contributed by atoms with Crippen molar-refractivity contribution in [3.8, 4) is 0 Å². The van der Waals surface area contributed by atoms with Crippen molar-refractivity contribution in [3.63, 3.8) is 0 Å². The molecule has 1 aromatic heterocycles. The molecule has 152 valence electrons. The number of pyridine rings is 1. The summed E-state index contributed by atoms with van der Waals surface area (Å²) in [7, 11) is -7.21. The Morgan fingerprint density at radius 3 is 2.36 bits per heavy atom. The summed E-state index contributed by atoms with van der Waals surface area (Å²) < 4.78 is 50.8. The molecule has 0 amide bonds. The minimum atomic E-state index is -3.78. The molecule has 6 nitrogen and oxygen atoms in total. The molecule has 0 unspecified atom stereocenters. The van der Waals surface area contributed by atoms with E-state index >= 15 is 0 Å². The van der Waals surface area contributed by atoms with Gasteiger partial charge in [0.25, 0.3) is 0 Å². The molecule has 0 spiro atoms. The summed E-state index contributed by atoms with van der Waals surface area (Å²) in [6, 6.07) is 9.75. The van der Waals surface area contributed by atoms with E-state index in [-0.39, 0.29) is 21.8 Å². The average molecular weight is 423 g/mol. The first-order valence-corrected chi connectivity index (χ1v) is 12.5. The molecule has 0 aliphatic carbocycles. The molecule has 2 aromatic rings. The van der Waals surface area contributed by atoms with Crippen LogP contribution in [0.2, 0.25) is 0 Å². The molecule has 2 heterocycles. The van der Waals surface area contributed by atoms with Crippen molar-refractivity contribution in [2.45, 2.75) is 48.9 Å². The summed E-state index contributed by atoms with van der Waals surface area (Å²) in [6.07, 6.45) is 3.32. The van der Waals surface area contributed by atoms with E-state index < -0.39 is 31.0 Å². The van der Waals surface area contributed by atoms with Crippen LogP contribution >= 0.6 is 0 Å². The maximum Gasteiger partial charge on any atom is 0.183 e. The minimum absolute atomic E-state index is 0.0905. The lowest BCUT2D eigenvalue weighted by molar-refractivity contribution is 0.525. The maximum atomic E-state index is 13.2. The van der Waals surface area contributed by atoms with Crippen LogP contribution in [0.3, 0.4) is 0 Å². The Labute approximate surface area is 167 Å². The smallest absolute Gasteiger partial charge is 0.183 e. The fraction of sp³-hybridized carbons (Fsp3) is 0.450. The van der Waals surface area contributed by atoms with Crippen LogP contribution in [0.1, 0.15) is 31.9 Å². The van der Waals surface area contributed by atoms with Gasteiger partial charge in [0.05, 0.1) is 21.7 Å². The second-order valence-electron chi connectivity index (χ2n) is 8.28. The molecule has 3 rings (SSSR count). The fourth-order valence-electron chi connectivity index (χ4n) is 3.38. The number of aromatic nitrogens is 1. The number of benzene rings is 1. The molecule has 0 radical (unpaired) electrons. The predicted molar refractivity (Wildman–Crippen MR) is 110 cm³/mol. The highest BCUT2D eigenvalue weighted by atomic mass is 32.2. The second-order valence-corrected chi connectivity index (χ2v) is 12.6. The number of nitrogens with zero attached hydrogens (tertiary/aromatic N) is 1. The Balaban J connectivity index is 1.85. The van der Waals surface area contributed by atoms with Crippen LogP contribution in [0.15, 0.2) is 53.7 Å². The zero-order chi connectivity index (χ0) is 20.6. The van der Waals surface area contributed by atoms with Gasteiger partial charge in [0.15, 0.2) is 19.7 Å². The molecule has 1 aliphatic rings. The van der Waals surface area contributed by atoms with E-state index in [0.717, 1.165) is 11.1 Å². The molecular formula is C20H26N2O4S2. The van der Waals surface area contributed by atoms with Crippen LogP contribution in [-0.2, 0) is 31.6 Å². The Kier molecular flexibility index (Phi) is 5.67. The lowest BCUT2D eigenvalue weighted by Crippen LogP contribution is -2.43. The third-order valence-electron chi connectivity index (χ3n) is 5.04. The van der Waals surface area contributed by atoms with Crippen molar-refractivity contribution in [1.82, 2.24) is 10.3 Å². The van der Waals surface area contributed by atoms with Gasteiger partial charge in [-0.15, -0.1) is 0 Å². The molecule has 1 N–H and O–H groups in total. The van der Waals surface area contributed by atoms with Crippen LogP contribution in [-0.4, -0.2) is 44.6 Å². The summed E-state index contributed by atoms with van der Waals surface area (Å²) in [5.41, 5.74) is 1.81. The molecule has 0 saturated carbocycles. The average Bonchev–Trinajstić information content (AvgIpc) is 2.96. The highest BCUT2D eigenvalue weighted by Gasteiger charge is 2.45. The van der Waals surface area contributed by atoms with Crippen molar-refractivity contribution in [3.05, 3.63) is 59.9 Å². The molecule has 1 aromatic carbocycles. The molecule has 1 aliphatic heterocycles. The first-order chi connectivity index (χ1) is 13.0. The summed E-state index contributed by atoms with van der Waals surface area (Å²) in [4.78, 5) is 4.19. The van der Waals surface area contributed by atoms with Crippen LogP contribution in [0.25, 0.3) is 0 Å². The summed E-state index contributed by atoms with van der Waals surface area (Å²) in [5, 5.41) is 2.11. The van der Waals surface area contributed by atoms with Gasteiger partial charge in [0.2, 0.25) is 0 Å². The Bertz CT molecular complexity index is 1030. The van der Waals surface area contributed by atoms with Crippen LogP contribution in [0.4, 0.5) is 0 Å². The largest absolute Gasteiger partial charge is 0.308 e. The molecule has 2 atom stereocenters. The molecule has 1 fully saturated rings. The van der Waals surface area contributed by atoms with Crippen LogP contribution in [0.5, 0.6) is 0 Å². The monoisotopic (exact) mass is 422 g/mol. The summed E-state index contributed by atoms with van der Waals surface area (Å²) in [6.45, 7) is 6.53. The number of rotatable bonds is 5. The van der Waals surface area contributed by atoms with E-state index in [1.165, 1.54) is 0 Å². The standard InChI is InChI=1S/C20H26N2O4S2/c1-20(2,3)16-6-8-17(9-7-16)28(25,26)19-14-27(23,24)13-18(19)22-12-15-5-4-10-21-11-15/h4-11,18-19,22H,12-14H2,1-3H3/t18-,19-/m0/s1. The third-order valence-corrected chi connectivity index (χ3v) is 9.21. The van der Waals surface area contributed by atoms with E-state index in [0.29, 0.717) is 6.54 Å². The summed E-state index contributed by atoms with van der Waals surface area (Å²) in [5.74, 6) is -0.543. The van der Waals surface area contributed by atoms with Gasteiger partial charge in [0, 0.05) is 25.0 Å². The zero-order valence-electron chi connectivity index (χ0n) is 16.3. The molecular weight excluding hydrogens is 396 g/mol. The predicted octanol–water partition coefficient (Wildman–Crippen LogP) is 2.11. The number of hydrogen-bond donors (Lipinski definition) is 1. The molecule has 28 heavy (non-hydrogen) atoms. The molecule has 0 bridgehead atoms. The van der Waals surface area contributed by atoms with Crippen molar-refractivity contribution < 1.29 is 16.8 Å². The van der Waals surface area contributed by atoms with Gasteiger partial charge in [-0.1, -0.05) is 39.0 Å². The van der Waals surface area contributed by atoms with Gasteiger partial charge in [-0.3, -0.25) is 4.98 Å². The van der Waals surface area contributed by atoms with Crippen molar-refractivity contribution >= 4 is 19.7 Å². The summed E-state index contributed by atoms with van der Waals surface area (Å²) >= 11 is 0. The Morgan fingerprint density at radius 1 is 1.11 bits per heavy atom. The molecule has 1 saturated heterocycles. The normalized spacial score (nSPS) is 22.2. The van der Waals surface area contributed by atoms with E-state index in [1.54, 1.807) is 42.7 Å². The van der Waals surface area contributed by atoms with Gasteiger partial charge in [0.1, 0.15) is 0 Å². The van der Waals surface area contributed by atoms with Crippen molar-refractivity contribution in [2.24, 2.45) is 0 Å². The van der Waals surface area contributed by atoms with E-state index in [1.807, 2.05) is 6.07 Å². The number of nitrogens with one attached hydrogen (secondary N) is 1. The highest BCUT2D eigenvalue weighted by molar-refractivity contribution is 7.96. The van der Waals surface area contributed by atoms with E-state index in [4.69, 9.17) is 0 Å². The SMILES string of the molecule is CC(C)(C)c1ccc(S(=O)(=O)[C@H]2CS(=O)(=O)C[C@@H]2NCc2cccnc2)cc1. The lowest BCUT2D eigenvalue weighted by Gasteiger charge is -2.22. The second kappa shape index (κ2) is 7.57. The van der Waals surface area contributed by atoms with E-state index in [2.05, 4.69) is 31.1 Å². The van der Waals surface area contributed by atoms with Gasteiger partial charge in [-0.2, -0.15) is 0 Å². The zero-order valence-corrected chi connectivity index (χ0v) is 17.9. The van der Waals surface area contributed by atoms with Crippen LogP contribution in [0, 0.1) is 0 Å². The fourth-order valence-corrected chi connectivity index (χ4v) is 8.10. The molecule has 8 heteroatoms.